The molecule has 0 aliphatic carbocycles. The van der Waals surface area contributed by atoms with Crippen molar-refractivity contribution < 1.29 is 4.79 Å². The van der Waals surface area contributed by atoms with Crippen LogP contribution in [0.5, 0.6) is 0 Å². The van der Waals surface area contributed by atoms with E-state index in [1.54, 1.807) is 48.4 Å². The van der Waals surface area contributed by atoms with Gasteiger partial charge in [0.2, 0.25) is 5.91 Å². The van der Waals surface area contributed by atoms with Crippen molar-refractivity contribution in [2.45, 2.75) is 6.42 Å². The first-order chi connectivity index (χ1) is 12.1. The van der Waals surface area contributed by atoms with Crippen molar-refractivity contribution in [2.24, 2.45) is 7.05 Å². The third-order valence-corrected chi connectivity index (χ3v) is 3.80. The van der Waals surface area contributed by atoms with Gasteiger partial charge in [0.15, 0.2) is 5.82 Å². The van der Waals surface area contributed by atoms with Crippen molar-refractivity contribution in [3.8, 4) is 6.07 Å². The average molecular weight is 331 g/mol. The zero-order valence-corrected chi connectivity index (χ0v) is 13.3. The molecule has 1 amide bonds. The Kier molecular flexibility index (Phi) is 3.40. The fourth-order valence-electron chi connectivity index (χ4n) is 2.68. The van der Waals surface area contributed by atoms with Gasteiger partial charge in [0.25, 0.3) is 0 Å². The number of aryl methyl sites for hydroxylation is 1. The SMILES string of the molecule is Cn1ccc(NC(=O)Cc2nc3c(cnc4ccc(C#N)cc43)[nH]2)n1. The van der Waals surface area contributed by atoms with Crippen LogP contribution in [-0.4, -0.2) is 30.6 Å². The van der Waals surface area contributed by atoms with Crippen LogP contribution >= 0.6 is 0 Å². The number of benzene rings is 1. The van der Waals surface area contributed by atoms with Gasteiger partial charge < -0.3 is 10.3 Å². The monoisotopic (exact) mass is 331 g/mol. The summed E-state index contributed by atoms with van der Waals surface area (Å²) in [7, 11) is 1.78. The molecular weight excluding hydrogens is 318 g/mol. The summed E-state index contributed by atoms with van der Waals surface area (Å²) in [5.41, 5.74) is 2.72. The molecule has 0 unspecified atom stereocenters. The second-order valence-electron chi connectivity index (χ2n) is 5.65. The summed E-state index contributed by atoms with van der Waals surface area (Å²) in [4.78, 5) is 24.1. The van der Waals surface area contributed by atoms with Crippen LogP contribution < -0.4 is 5.32 Å². The molecule has 8 nitrogen and oxygen atoms in total. The number of anilines is 1. The third kappa shape index (κ3) is 2.79. The molecule has 122 valence electrons. The average Bonchev–Trinajstić information content (AvgIpc) is 3.19. The Morgan fingerprint density at radius 3 is 3.04 bits per heavy atom. The molecule has 0 atom stereocenters. The van der Waals surface area contributed by atoms with Crippen molar-refractivity contribution >= 4 is 33.7 Å². The molecule has 3 aromatic heterocycles. The summed E-state index contributed by atoms with van der Waals surface area (Å²) in [5, 5.41) is 16.7. The van der Waals surface area contributed by atoms with E-state index in [2.05, 4.69) is 31.4 Å². The zero-order valence-electron chi connectivity index (χ0n) is 13.3. The maximum atomic E-state index is 12.2. The molecule has 0 aliphatic rings. The quantitative estimate of drug-likeness (QED) is 0.595. The summed E-state index contributed by atoms with van der Waals surface area (Å²) < 4.78 is 1.61. The third-order valence-electron chi connectivity index (χ3n) is 3.80. The van der Waals surface area contributed by atoms with Gasteiger partial charge in [-0.05, 0) is 18.2 Å². The molecule has 3 heterocycles. The van der Waals surface area contributed by atoms with Crippen LogP contribution in [0.25, 0.3) is 21.9 Å². The van der Waals surface area contributed by atoms with Crippen LogP contribution in [0.3, 0.4) is 0 Å². The number of hydrogen-bond donors (Lipinski definition) is 2. The number of nitrogens with one attached hydrogen (secondary N) is 2. The lowest BCUT2D eigenvalue weighted by Gasteiger charge is -1.99. The molecule has 0 spiro atoms. The number of carbonyl (C=O) groups excluding carboxylic acids is 1. The molecule has 4 aromatic rings. The van der Waals surface area contributed by atoms with Gasteiger partial charge in [0, 0.05) is 24.7 Å². The summed E-state index contributed by atoms with van der Waals surface area (Å²) in [5.74, 6) is 0.808. The molecule has 0 saturated carbocycles. The molecule has 2 N–H and O–H groups in total. The maximum Gasteiger partial charge on any atom is 0.233 e. The Morgan fingerprint density at radius 1 is 1.40 bits per heavy atom. The number of hydrogen-bond acceptors (Lipinski definition) is 5. The zero-order chi connectivity index (χ0) is 17.4. The van der Waals surface area contributed by atoms with E-state index < -0.39 is 0 Å². The van der Waals surface area contributed by atoms with E-state index in [0.717, 1.165) is 16.4 Å². The summed E-state index contributed by atoms with van der Waals surface area (Å²) >= 11 is 0. The number of carbonyl (C=O) groups is 1. The highest BCUT2D eigenvalue weighted by Crippen LogP contribution is 2.23. The van der Waals surface area contributed by atoms with Crippen LogP contribution in [-0.2, 0) is 18.3 Å². The summed E-state index contributed by atoms with van der Waals surface area (Å²) in [6, 6.07) is 9.09. The first-order valence-electron chi connectivity index (χ1n) is 7.59. The number of H-pyrrole nitrogens is 1. The standard InChI is InChI=1S/C17H13N7O/c1-24-5-4-14(23-24)21-16(25)7-15-20-13-9-19-12-3-2-10(8-18)6-11(12)17(13)22-15/h2-6,9H,7H2,1H3,(H,20,22)(H,21,23,25). The van der Waals surface area contributed by atoms with E-state index in [9.17, 15) is 4.79 Å². The lowest BCUT2D eigenvalue weighted by Crippen LogP contribution is -2.15. The second kappa shape index (κ2) is 5.72. The molecule has 4 rings (SSSR count). The van der Waals surface area contributed by atoms with Gasteiger partial charge in [0.05, 0.1) is 40.8 Å². The van der Waals surface area contributed by atoms with Crippen LogP contribution in [0.15, 0.2) is 36.7 Å². The van der Waals surface area contributed by atoms with Gasteiger partial charge in [-0.25, -0.2) is 4.98 Å². The predicted octanol–water partition coefficient (Wildman–Crippen LogP) is 1.90. The van der Waals surface area contributed by atoms with Crippen LogP contribution in [0.4, 0.5) is 5.82 Å². The van der Waals surface area contributed by atoms with Gasteiger partial charge in [-0.1, -0.05) is 0 Å². The molecule has 0 saturated heterocycles. The maximum absolute atomic E-state index is 12.2. The number of fused-ring (bicyclic) bond motifs is 3. The normalized spacial score (nSPS) is 10.9. The van der Waals surface area contributed by atoms with E-state index in [4.69, 9.17) is 5.26 Å². The molecule has 0 bridgehead atoms. The molecule has 1 aromatic carbocycles. The number of nitrogens with zero attached hydrogens (tertiary/aromatic N) is 5. The van der Waals surface area contributed by atoms with Crippen molar-refractivity contribution in [2.75, 3.05) is 5.32 Å². The molecular formula is C17H13N7O. The van der Waals surface area contributed by atoms with Crippen molar-refractivity contribution in [1.82, 2.24) is 24.7 Å². The number of aromatic amines is 1. The first kappa shape index (κ1) is 14.8. The van der Waals surface area contributed by atoms with Gasteiger partial charge >= 0.3 is 0 Å². The Balaban J connectivity index is 1.65. The van der Waals surface area contributed by atoms with Crippen LogP contribution in [0.2, 0.25) is 0 Å². The highest BCUT2D eigenvalue weighted by Gasteiger charge is 2.12. The molecule has 25 heavy (non-hydrogen) atoms. The Labute approximate surface area is 142 Å². The minimum absolute atomic E-state index is 0.0880. The Morgan fingerprint density at radius 2 is 2.28 bits per heavy atom. The molecule has 0 radical (unpaired) electrons. The topological polar surface area (TPSA) is 112 Å². The highest BCUT2D eigenvalue weighted by molar-refractivity contribution is 6.02. The van der Waals surface area contributed by atoms with Gasteiger partial charge in [0.1, 0.15) is 5.82 Å². The summed E-state index contributed by atoms with van der Waals surface area (Å²) in [6.45, 7) is 0. The van der Waals surface area contributed by atoms with Gasteiger partial charge in [-0.15, -0.1) is 0 Å². The molecule has 0 aliphatic heterocycles. The van der Waals surface area contributed by atoms with E-state index >= 15 is 0 Å². The number of nitriles is 1. The van der Waals surface area contributed by atoms with Gasteiger partial charge in [-0.2, -0.15) is 10.4 Å². The number of imidazole rings is 1. The first-order valence-corrected chi connectivity index (χ1v) is 7.59. The van der Waals surface area contributed by atoms with E-state index in [1.165, 1.54) is 0 Å². The fourth-order valence-corrected chi connectivity index (χ4v) is 2.68. The van der Waals surface area contributed by atoms with Crippen molar-refractivity contribution in [3.63, 3.8) is 0 Å². The molecule has 0 fully saturated rings. The van der Waals surface area contributed by atoms with Gasteiger partial charge in [-0.3, -0.25) is 14.5 Å². The minimum Gasteiger partial charge on any atom is -0.340 e. The smallest absolute Gasteiger partial charge is 0.233 e. The Bertz CT molecular complexity index is 1150. The van der Waals surface area contributed by atoms with Crippen LogP contribution in [0.1, 0.15) is 11.4 Å². The number of aromatic nitrogens is 5. The van der Waals surface area contributed by atoms with Crippen molar-refractivity contribution in [3.05, 3.63) is 48.0 Å². The molecule has 8 heteroatoms. The fraction of sp³-hybridized carbons (Fsp3) is 0.118. The van der Waals surface area contributed by atoms with Crippen LogP contribution in [0, 0.1) is 11.3 Å². The second-order valence-corrected chi connectivity index (χ2v) is 5.65. The Hall–Kier alpha value is -3.73. The van der Waals surface area contributed by atoms with E-state index in [1.807, 2.05) is 0 Å². The van der Waals surface area contributed by atoms with Crippen molar-refractivity contribution in [1.29, 1.82) is 5.26 Å². The minimum atomic E-state index is -0.215. The summed E-state index contributed by atoms with van der Waals surface area (Å²) in [6.07, 6.45) is 3.52. The van der Waals surface area contributed by atoms with E-state index in [0.29, 0.717) is 22.7 Å². The largest absolute Gasteiger partial charge is 0.340 e. The lowest BCUT2D eigenvalue weighted by atomic mass is 10.1. The highest BCUT2D eigenvalue weighted by atomic mass is 16.1. The number of amides is 1. The lowest BCUT2D eigenvalue weighted by molar-refractivity contribution is -0.115. The van der Waals surface area contributed by atoms with E-state index in [-0.39, 0.29) is 12.3 Å². The predicted molar refractivity (Wildman–Crippen MR) is 91.7 cm³/mol. The number of pyridine rings is 1. The number of rotatable bonds is 3.